The number of rotatable bonds is 7. The number of nitrogens with one attached hydrogen (secondary N) is 1. The van der Waals surface area contributed by atoms with Gasteiger partial charge in [-0.1, -0.05) is 24.3 Å². The molecule has 25 heavy (non-hydrogen) atoms. The molecule has 5 heteroatoms. The number of benzene rings is 1. The molecule has 5 nitrogen and oxygen atoms in total. The van der Waals surface area contributed by atoms with Crippen molar-refractivity contribution in [2.24, 2.45) is 0 Å². The summed E-state index contributed by atoms with van der Waals surface area (Å²) in [5.41, 5.74) is 4.10. The van der Waals surface area contributed by atoms with Gasteiger partial charge in [0.05, 0.1) is 11.9 Å². The number of aryl methyl sites for hydroxylation is 1. The van der Waals surface area contributed by atoms with Gasteiger partial charge in [-0.05, 0) is 43.0 Å². The molecule has 2 heterocycles. The number of aliphatic hydroxyl groups excluding tert-OH is 1. The lowest BCUT2D eigenvalue weighted by atomic mass is 10.0. The van der Waals surface area contributed by atoms with Gasteiger partial charge in [0.25, 0.3) is 0 Å². The number of pyridine rings is 1. The van der Waals surface area contributed by atoms with E-state index in [9.17, 15) is 4.79 Å². The van der Waals surface area contributed by atoms with Crippen molar-refractivity contribution in [2.45, 2.75) is 32.2 Å². The molecule has 1 aliphatic rings. The fourth-order valence-electron chi connectivity index (χ4n) is 3.06. The monoisotopic (exact) mass is 339 g/mol. The van der Waals surface area contributed by atoms with E-state index >= 15 is 0 Å². The molecule has 132 valence electrons. The van der Waals surface area contributed by atoms with Gasteiger partial charge in [0, 0.05) is 37.9 Å². The zero-order valence-corrected chi connectivity index (χ0v) is 14.6. The minimum absolute atomic E-state index is 0.0318. The number of amides is 1. The predicted octanol–water partition coefficient (Wildman–Crippen LogP) is 2.39. The minimum Gasteiger partial charge on any atom is -0.396 e. The largest absolute Gasteiger partial charge is 0.396 e. The van der Waals surface area contributed by atoms with Crippen molar-refractivity contribution in [3.8, 4) is 11.1 Å². The number of hydrogen-bond acceptors (Lipinski definition) is 4. The van der Waals surface area contributed by atoms with Crippen LogP contribution in [0, 0.1) is 0 Å². The Hall–Kier alpha value is -2.24. The first-order chi connectivity index (χ1) is 12.2. The zero-order chi connectivity index (χ0) is 17.6. The number of anilines is 1. The maximum absolute atomic E-state index is 12.1. The van der Waals surface area contributed by atoms with Crippen molar-refractivity contribution in [2.75, 3.05) is 24.6 Å². The molecule has 0 saturated carbocycles. The van der Waals surface area contributed by atoms with Crippen molar-refractivity contribution >= 4 is 11.6 Å². The second-order valence-electron chi connectivity index (χ2n) is 6.53. The smallest absolute Gasteiger partial charge is 0.223 e. The van der Waals surface area contributed by atoms with Crippen LogP contribution in [0.5, 0.6) is 0 Å². The highest BCUT2D eigenvalue weighted by atomic mass is 16.2. The Bertz CT molecular complexity index is 728. The second kappa shape index (κ2) is 8.23. The Kier molecular flexibility index (Phi) is 5.79. The van der Waals surface area contributed by atoms with Crippen LogP contribution in [0.15, 0.2) is 42.7 Å². The second-order valence-corrected chi connectivity index (χ2v) is 6.53. The normalized spacial score (nSPS) is 16.3. The average Bonchev–Trinajstić information content (AvgIpc) is 2.59. The summed E-state index contributed by atoms with van der Waals surface area (Å²) >= 11 is 0. The fourth-order valence-corrected chi connectivity index (χ4v) is 3.06. The molecule has 0 aliphatic carbocycles. The molecule has 2 aromatic rings. The molecule has 2 N–H and O–H groups in total. The van der Waals surface area contributed by atoms with Gasteiger partial charge >= 0.3 is 0 Å². The van der Waals surface area contributed by atoms with Gasteiger partial charge in [-0.25, -0.2) is 0 Å². The van der Waals surface area contributed by atoms with E-state index in [2.05, 4.69) is 28.5 Å². The van der Waals surface area contributed by atoms with Crippen LogP contribution in [0.3, 0.4) is 0 Å². The van der Waals surface area contributed by atoms with Crippen molar-refractivity contribution < 1.29 is 9.90 Å². The van der Waals surface area contributed by atoms with Crippen LogP contribution >= 0.6 is 0 Å². The van der Waals surface area contributed by atoms with Crippen LogP contribution in [0.25, 0.3) is 11.1 Å². The first-order valence-electron chi connectivity index (χ1n) is 8.84. The third-order valence-electron chi connectivity index (χ3n) is 4.63. The molecule has 1 fully saturated rings. The Morgan fingerprint density at radius 1 is 1.32 bits per heavy atom. The van der Waals surface area contributed by atoms with Crippen molar-refractivity contribution in [1.82, 2.24) is 10.3 Å². The quantitative estimate of drug-likeness (QED) is 0.813. The Balaban J connectivity index is 1.83. The molecule has 1 aliphatic heterocycles. The summed E-state index contributed by atoms with van der Waals surface area (Å²) in [5.74, 6) is 0.0318. The summed E-state index contributed by atoms with van der Waals surface area (Å²) in [7, 11) is 0. The molecule has 1 atom stereocenters. The predicted molar refractivity (Wildman–Crippen MR) is 99.5 cm³/mol. The van der Waals surface area contributed by atoms with Gasteiger partial charge in [0.1, 0.15) is 0 Å². The van der Waals surface area contributed by atoms with Crippen molar-refractivity contribution in [3.05, 3.63) is 48.3 Å². The average molecular weight is 339 g/mol. The molecule has 1 unspecified atom stereocenters. The van der Waals surface area contributed by atoms with Crippen LogP contribution < -0.4 is 10.2 Å². The van der Waals surface area contributed by atoms with Crippen LogP contribution in [0.2, 0.25) is 0 Å². The number of hydrogen-bond donors (Lipinski definition) is 2. The van der Waals surface area contributed by atoms with Gasteiger partial charge < -0.3 is 15.3 Å². The standard InChI is InChI=1S/C20H25N3O2/c1-15(25)23(14-19-7-8-22-19)20-11-18(12-21-13-20)17-6-2-4-16(10-17)5-3-9-24/h2,4,6,10-13,19,22,24H,3,5,7-9,14H2,1H3. The van der Waals surface area contributed by atoms with Gasteiger partial charge in [-0.2, -0.15) is 0 Å². The fraction of sp³-hybridized carbons (Fsp3) is 0.400. The molecule has 1 amide bonds. The van der Waals surface area contributed by atoms with Crippen LogP contribution in [0.4, 0.5) is 5.69 Å². The van der Waals surface area contributed by atoms with Crippen LogP contribution in [-0.2, 0) is 11.2 Å². The molecule has 3 rings (SSSR count). The van der Waals surface area contributed by atoms with E-state index in [1.807, 2.05) is 18.3 Å². The maximum Gasteiger partial charge on any atom is 0.223 e. The van der Waals surface area contributed by atoms with Gasteiger partial charge in [0.2, 0.25) is 5.91 Å². The molecule has 1 aromatic heterocycles. The van der Waals surface area contributed by atoms with Gasteiger partial charge in [-0.3, -0.25) is 9.78 Å². The van der Waals surface area contributed by atoms with E-state index in [4.69, 9.17) is 5.11 Å². The molecule has 0 radical (unpaired) electrons. The highest BCUT2D eigenvalue weighted by Gasteiger charge is 2.22. The van der Waals surface area contributed by atoms with Crippen molar-refractivity contribution in [3.63, 3.8) is 0 Å². The zero-order valence-electron chi connectivity index (χ0n) is 14.6. The van der Waals surface area contributed by atoms with Gasteiger partial charge in [0.15, 0.2) is 0 Å². The number of aliphatic hydroxyl groups is 1. The highest BCUT2D eigenvalue weighted by molar-refractivity contribution is 5.92. The number of aromatic nitrogens is 1. The topological polar surface area (TPSA) is 65.5 Å². The molecule has 0 spiro atoms. The molecule has 1 aromatic carbocycles. The third kappa shape index (κ3) is 4.44. The lowest BCUT2D eigenvalue weighted by Crippen LogP contribution is -2.51. The van der Waals surface area contributed by atoms with E-state index in [1.165, 1.54) is 5.56 Å². The van der Waals surface area contributed by atoms with E-state index in [0.29, 0.717) is 12.6 Å². The lowest BCUT2D eigenvalue weighted by molar-refractivity contribution is -0.116. The molecule has 1 saturated heterocycles. The SMILES string of the molecule is CC(=O)N(CC1CCN1)c1cncc(-c2cccc(CCCO)c2)c1. The number of carbonyl (C=O) groups excluding carboxylic acids is 1. The number of nitrogens with zero attached hydrogens (tertiary/aromatic N) is 2. The van der Waals surface area contributed by atoms with E-state index in [1.54, 1.807) is 18.0 Å². The first-order valence-corrected chi connectivity index (χ1v) is 8.84. The maximum atomic E-state index is 12.1. The van der Waals surface area contributed by atoms with Crippen molar-refractivity contribution in [1.29, 1.82) is 0 Å². The third-order valence-corrected chi connectivity index (χ3v) is 4.63. The van der Waals surface area contributed by atoms with E-state index in [-0.39, 0.29) is 12.5 Å². The molecule has 0 bridgehead atoms. The van der Waals surface area contributed by atoms with Gasteiger partial charge in [-0.15, -0.1) is 0 Å². The summed E-state index contributed by atoms with van der Waals surface area (Å²) in [6.45, 7) is 3.50. The first kappa shape index (κ1) is 17.6. The molecular formula is C20H25N3O2. The highest BCUT2D eigenvalue weighted by Crippen LogP contribution is 2.25. The lowest BCUT2D eigenvalue weighted by Gasteiger charge is -2.33. The summed E-state index contributed by atoms with van der Waals surface area (Å²) in [5, 5.41) is 12.3. The Morgan fingerprint density at radius 3 is 2.84 bits per heavy atom. The minimum atomic E-state index is 0.0318. The Labute approximate surface area is 148 Å². The van der Waals surface area contributed by atoms with Crippen LogP contribution in [0.1, 0.15) is 25.3 Å². The summed E-state index contributed by atoms with van der Waals surface area (Å²) in [6.07, 6.45) is 6.29. The molecular weight excluding hydrogens is 314 g/mol. The van der Waals surface area contributed by atoms with Crippen LogP contribution in [-0.4, -0.2) is 41.7 Å². The summed E-state index contributed by atoms with van der Waals surface area (Å²) < 4.78 is 0. The van der Waals surface area contributed by atoms with E-state index in [0.717, 1.165) is 42.6 Å². The summed E-state index contributed by atoms with van der Waals surface area (Å²) in [4.78, 5) is 18.2. The number of carbonyl (C=O) groups is 1. The van der Waals surface area contributed by atoms with E-state index < -0.39 is 0 Å². The Morgan fingerprint density at radius 2 is 2.16 bits per heavy atom. The summed E-state index contributed by atoms with van der Waals surface area (Å²) in [6, 6.07) is 10.7.